The normalized spacial score (nSPS) is 14.0. The highest BCUT2D eigenvalue weighted by atomic mass is 16.3. The molecule has 0 amide bonds. The van der Waals surface area contributed by atoms with Crippen LogP contribution in [0.2, 0.25) is 0 Å². The van der Waals surface area contributed by atoms with Crippen molar-refractivity contribution >= 4 is 0 Å². The maximum absolute atomic E-state index is 9.55. The lowest BCUT2D eigenvalue weighted by Gasteiger charge is -2.21. The Kier molecular flexibility index (Phi) is 3.65. The zero-order valence-corrected chi connectivity index (χ0v) is 11.0. The minimum absolute atomic E-state index is 0.0951. The molecule has 3 nitrogen and oxygen atoms in total. The summed E-state index contributed by atoms with van der Waals surface area (Å²) < 4.78 is 0. The van der Waals surface area contributed by atoms with Crippen LogP contribution in [0.3, 0.4) is 0 Å². The molecule has 2 atom stereocenters. The SMILES string of the molecule is CC(c1ccc(O)cc1)C(C)c1ccc(O)c(O)c1. The summed E-state index contributed by atoms with van der Waals surface area (Å²) in [7, 11) is 0. The van der Waals surface area contributed by atoms with Gasteiger partial charge >= 0.3 is 0 Å². The largest absolute Gasteiger partial charge is 0.508 e. The van der Waals surface area contributed by atoms with Gasteiger partial charge in [0.25, 0.3) is 0 Å². The van der Waals surface area contributed by atoms with Gasteiger partial charge in [0, 0.05) is 0 Å². The van der Waals surface area contributed by atoms with Crippen molar-refractivity contribution in [2.45, 2.75) is 25.7 Å². The van der Waals surface area contributed by atoms with Crippen molar-refractivity contribution in [1.82, 2.24) is 0 Å². The van der Waals surface area contributed by atoms with Crippen LogP contribution < -0.4 is 0 Å². The van der Waals surface area contributed by atoms with Gasteiger partial charge in [0.15, 0.2) is 11.5 Å². The van der Waals surface area contributed by atoms with Crippen molar-refractivity contribution in [1.29, 1.82) is 0 Å². The Bertz CT molecular complexity index is 561. The second kappa shape index (κ2) is 5.22. The molecule has 3 N–H and O–H groups in total. The number of phenolic OH excluding ortho intramolecular Hbond substituents is 3. The zero-order valence-electron chi connectivity index (χ0n) is 11.0. The third-order valence-electron chi connectivity index (χ3n) is 3.69. The second-order valence-electron chi connectivity index (χ2n) is 4.92. The summed E-state index contributed by atoms with van der Waals surface area (Å²) in [6, 6.07) is 12.1. The summed E-state index contributed by atoms with van der Waals surface area (Å²) in [4.78, 5) is 0. The maximum Gasteiger partial charge on any atom is 0.157 e. The number of phenols is 3. The third-order valence-corrected chi connectivity index (χ3v) is 3.69. The lowest BCUT2D eigenvalue weighted by atomic mass is 9.84. The summed E-state index contributed by atoms with van der Waals surface area (Å²) in [6.07, 6.45) is 0. The lowest BCUT2D eigenvalue weighted by Crippen LogP contribution is -2.04. The van der Waals surface area contributed by atoms with Gasteiger partial charge in [-0.15, -0.1) is 0 Å². The van der Waals surface area contributed by atoms with E-state index in [2.05, 4.69) is 13.8 Å². The van der Waals surface area contributed by atoms with Crippen LogP contribution in [0.25, 0.3) is 0 Å². The Morgan fingerprint density at radius 1 is 0.684 bits per heavy atom. The van der Waals surface area contributed by atoms with E-state index in [0.29, 0.717) is 0 Å². The summed E-state index contributed by atoms with van der Waals surface area (Å²) in [5.41, 5.74) is 2.09. The van der Waals surface area contributed by atoms with Gasteiger partial charge in [0.05, 0.1) is 0 Å². The number of benzene rings is 2. The fourth-order valence-electron chi connectivity index (χ4n) is 2.18. The third kappa shape index (κ3) is 2.81. The average Bonchev–Trinajstić information content (AvgIpc) is 2.41. The minimum Gasteiger partial charge on any atom is -0.508 e. The van der Waals surface area contributed by atoms with Gasteiger partial charge in [-0.2, -0.15) is 0 Å². The van der Waals surface area contributed by atoms with Crippen LogP contribution in [-0.2, 0) is 0 Å². The van der Waals surface area contributed by atoms with E-state index in [0.717, 1.165) is 11.1 Å². The average molecular weight is 258 g/mol. The Hall–Kier alpha value is -2.16. The molecule has 3 heteroatoms. The standard InChI is InChI=1S/C16H18O3/c1-10(12-3-6-14(17)7-4-12)11(2)13-5-8-15(18)16(19)9-13/h3-11,17-19H,1-2H3. The van der Waals surface area contributed by atoms with Crippen molar-refractivity contribution in [3.05, 3.63) is 53.6 Å². The molecule has 0 aliphatic heterocycles. The van der Waals surface area contributed by atoms with E-state index in [4.69, 9.17) is 0 Å². The van der Waals surface area contributed by atoms with Crippen LogP contribution in [0.1, 0.15) is 36.8 Å². The van der Waals surface area contributed by atoms with Crippen molar-refractivity contribution in [3.63, 3.8) is 0 Å². The van der Waals surface area contributed by atoms with E-state index < -0.39 is 0 Å². The van der Waals surface area contributed by atoms with Crippen molar-refractivity contribution in [2.24, 2.45) is 0 Å². The maximum atomic E-state index is 9.55. The lowest BCUT2D eigenvalue weighted by molar-refractivity contribution is 0.402. The highest BCUT2D eigenvalue weighted by Crippen LogP contribution is 2.36. The molecule has 0 radical (unpaired) electrons. The van der Waals surface area contributed by atoms with Gasteiger partial charge in [0.2, 0.25) is 0 Å². The fraction of sp³-hybridized carbons (Fsp3) is 0.250. The van der Waals surface area contributed by atoms with E-state index in [-0.39, 0.29) is 29.1 Å². The first kappa shape index (κ1) is 13.3. The number of hydrogen-bond acceptors (Lipinski definition) is 3. The van der Waals surface area contributed by atoms with E-state index in [1.54, 1.807) is 18.2 Å². The molecular weight excluding hydrogens is 240 g/mol. The number of rotatable bonds is 3. The molecule has 2 unspecified atom stereocenters. The number of aromatic hydroxyl groups is 3. The highest BCUT2D eigenvalue weighted by Gasteiger charge is 2.17. The van der Waals surface area contributed by atoms with Crippen molar-refractivity contribution < 1.29 is 15.3 Å². The van der Waals surface area contributed by atoms with Gasteiger partial charge in [-0.25, -0.2) is 0 Å². The van der Waals surface area contributed by atoms with Crippen LogP contribution in [0.4, 0.5) is 0 Å². The van der Waals surface area contributed by atoms with Crippen molar-refractivity contribution in [3.8, 4) is 17.2 Å². The topological polar surface area (TPSA) is 60.7 Å². The Morgan fingerprint density at radius 3 is 1.79 bits per heavy atom. The van der Waals surface area contributed by atoms with Crippen LogP contribution in [-0.4, -0.2) is 15.3 Å². The first-order valence-corrected chi connectivity index (χ1v) is 6.30. The fourth-order valence-corrected chi connectivity index (χ4v) is 2.18. The Balaban J connectivity index is 2.25. The minimum atomic E-state index is -0.103. The molecule has 2 aromatic carbocycles. The highest BCUT2D eigenvalue weighted by molar-refractivity contribution is 5.42. The first-order valence-electron chi connectivity index (χ1n) is 6.30. The summed E-state index contributed by atoms with van der Waals surface area (Å²) >= 11 is 0. The second-order valence-corrected chi connectivity index (χ2v) is 4.92. The van der Waals surface area contributed by atoms with E-state index >= 15 is 0 Å². The predicted octanol–water partition coefficient (Wildman–Crippen LogP) is 3.71. The number of hydrogen-bond donors (Lipinski definition) is 3. The quantitative estimate of drug-likeness (QED) is 0.735. The summed E-state index contributed by atoms with van der Waals surface area (Å²) in [5.74, 6) is 0.488. The zero-order chi connectivity index (χ0) is 14.0. The molecular formula is C16H18O3. The molecule has 0 aliphatic rings. The van der Waals surface area contributed by atoms with Gasteiger partial charge < -0.3 is 15.3 Å². The van der Waals surface area contributed by atoms with Crippen LogP contribution in [0, 0.1) is 0 Å². The van der Waals surface area contributed by atoms with Crippen LogP contribution in [0.15, 0.2) is 42.5 Å². The summed E-state index contributed by atoms with van der Waals surface area (Å²) in [5, 5.41) is 28.2. The molecule has 0 spiro atoms. The van der Waals surface area contributed by atoms with E-state index in [9.17, 15) is 15.3 Å². The predicted molar refractivity (Wildman–Crippen MR) is 74.7 cm³/mol. The van der Waals surface area contributed by atoms with E-state index in [1.165, 1.54) is 6.07 Å². The monoisotopic (exact) mass is 258 g/mol. The van der Waals surface area contributed by atoms with Gasteiger partial charge in [-0.1, -0.05) is 32.0 Å². The van der Waals surface area contributed by atoms with E-state index in [1.807, 2.05) is 18.2 Å². The van der Waals surface area contributed by atoms with Crippen LogP contribution >= 0.6 is 0 Å². The molecule has 0 bridgehead atoms. The molecule has 100 valence electrons. The van der Waals surface area contributed by atoms with Gasteiger partial charge in [-0.05, 0) is 47.2 Å². The molecule has 2 rings (SSSR count). The van der Waals surface area contributed by atoms with Gasteiger partial charge in [0.1, 0.15) is 5.75 Å². The van der Waals surface area contributed by atoms with Crippen molar-refractivity contribution in [2.75, 3.05) is 0 Å². The van der Waals surface area contributed by atoms with Gasteiger partial charge in [-0.3, -0.25) is 0 Å². The Morgan fingerprint density at radius 2 is 1.21 bits per heavy atom. The molecule has 0 heterocycles. The molecule has 19 heavy (non-hydrogen) atoms. The molecule has 2 aromatic rings. The first-order chi connectivity index (χ1) is 8.99. The molecule has 0 saturated carbocycles. The molecule has 0 aliphatic carbocycles. The molecule has 0 fully saturated rings. The Labute approximate surface area is 112 Å². The molecule has 0 saturated heterocycles. The smallest absolute Gasteiger partial charge is 0.157 e. The molecule has 0 aromatic heterocycles. The van der Waals surface area contributed by atoms with Crippen LogP contribution in [0.5, 0.6) is 17.2 Å². The summed E-state index contributed by atoms with van der Waals surface area (Å²) in [6.45, 7) is 4.17.